The number of aromatic hydroxyl groups is 4. The van der Waals surface area contributed by atoms with Gasteiger partial charge in [0.05, 0.1) is 22.7 Å². The first-order chi connectivity index (χ1) is 18.6. The van der Waals surface area contributed by atoms with Gasteiger partial charge in [0.15, 0.2) is 0 Å². The van der Waals surface area contributed by atoms with Crippen LogP contribution in [0.15, 0.2) is 54.6 Å². The van der Waals surface area contributed by atoms with Gasteiger partial charge in [0.25, 0.3) is 5.91 Å². The molecule has 1 heterocycles. The van der Waals surface area contributed by atoms with E-state index in [4.69, 9.17) is 4.74 Å². The zero-order valence-corrected chi connectivity index (χ0v) is 20.2. The average molecular weight is 536 g/mol. The molecule has 0 aliphatic carbocycles. The quantitative estimate of drug-likeness (QED) is 0.171. The van der Waals surface area contributed by atoms with E-state index in [0.717, 1.165) is 24.3 Å². The molecule has 3 aromatic carbocycles. The molecule has 4 rings (SSSR count). The van der Waals surface area contributed by atoms with Crippen LogP contribution in [0.2, 0.25) is 0 Å². The van der Waals surface area contributed by atoms with Crippen molar-refractivity contribution in [3.63, 3.8) is 0 Å². The summed E-state index contributed by atoms with van der Waals surface area (Å²) in [5.74, 6) is -6.45. The van der Waals surface area contributed by atoms with Crippen molar-refractivity contribution in [3.8, 4) is 23.0 Å². The zero-order chi connectivity index (χ0) is 28.3. The minimum Gasteiger partial charge on any atom is -0.508 e. The highest BCUT2D eigenvalue weighted by molar-refractivity contribution is 6.18. The molecule has 0 saturated carbocycles. The van der Waals surface area contributed by atoms with E-state index in [-0.39, 0.29) is 17.9 Å². The Kier molecular flexibility index (Phi) is 7.68. The van der Waals surface area contributed by atoms with Gasteiger partial charge in [-0.15, -0.1) is 0 Å². The monoisotopic (exact) mass is 536 g/mol. The molecular formula is C27H24N2O10. The number of carbonyl (C=O) groups excluding carboxylic acids is 3. The summed E-state index contributed by atoms with van der Waals surface area (Å²) in [6.07, 6.45) is -0.393. The maximum atomic E-state index is 13.0. The molecule has 1 aliphatic heterocycles. The van der Waals surface area contributed by atoms with E-state index in [1.54, 1.807) is 0 Å². The lowest BCUT2D eigenvalue weighted by molar-refractivity contribution is 0.0142. The number of ketones is 1. The highest BCUT2D eigenvalue weighted by Gasteiger charge is 2.32. The largest absolute Gasteiger partial charge is 0.508 e. The minimum atomic E-state index is -1.51. The number of piperidine rings is 1. The Morgan fingerprint density at radius 3 is 2.15 bits per heavy atom. The molecule has 12 nitrogen and oxygen atoms in total. The Balaban J connectivity index is 1.53. The first kappa shape index (κ1) is 26.9. The number of carbonyl (C=O) groups is 4. The number of nitrogens with one attached hydrogen (secondary N) is 2. The number of ether oxygens (including phenoxy) is 1. The molecule has 3 aromatic rings. The van der Waals surface area contributed by atoms with Crippen LogP contribution >= 0.6 is 0 Å². The van der Waals surface area contributed by atoms with Crippen molar-refractivity contribution in [3.05, 3.63) is 82.4 Å². The van der Waals surface area contributed by atoms with Gasteiger partial charge in [-0.2, -0.15) is 0 Å². The Morgan fingerprint density at radius 2 is 1.51 bits per heavy atom. The predicted molar refractivity (Wildman–Crippen MR) is 134 cm³/mol. The van der Waals surface area contributed by atoms with Crippen LogP contribution in [-0.4, -0.2) is 74.4 Å². The number of amides is 1. The first-order valence-corrected chi connectivity index (χ1v) is 11.7. The van der Waals surface area contributed by atoms with Gasteiger partial charge in [0.2, 0.25) is 5.78 Å². The topological polar surface area (TPSA) is 203 Å². The molecular weight excluding hydrogens is 512 g/mol. The summed E-state index contributed by atoms with van der Waals surface area (Å²) in [4.78, 5) is 50.0. The number of esters is 1. The van der Waals surface area contributed by atoms with Crippen molar-refractivity contribution >= 4 is 23.6 Å². The second-order valence-corrected chi connectivity index (χ2v) is 8.79. The number of hydrogen-bond acceptors (Lipinski definition) is 10. The number of rotatable bonds is 7. The number of hydrogen-bond donors (Lipinski definition) is 7. The molecule has 12 heteroatoms. The Morgan fingerprint density at radius 1 is 0.846 bits per heavy atom. The number of phenolic OH excluding ortho intramolecular Hbond substituents is 4. The summed E-state index contributed by atoms with van der Waals surface area (Å²) in [5.41, 5.74) is -1.93. The van der Waals surface area contributed by atoms with Crippen LogP contribution in [0.5, 0.6) is 23.0 Å². The van der Waals surface area contributed by atoms with Crippen LogP contribution in [0.1, 0.15) is 53.4 Å². The highest BCUT2D eigenvalue weighted by Crippen LogP contribution is 2.35. The maximum absolute atomic E-state index is 13.0. The molecule has 202 valence electrons. The summed E-state index contributed by atoms with van der Waals surface area (Å²) in [5, 5.41) is 55.7. The van der Waals surface area contributed by atoms with E-state index < -0.39 is 69.7 Å². The van der Waals surface area contributed by atoms with Crippen molar-refractivity contribution in [2.75, 3.05) is 13.1 Å². The second kappa shape index (κ2) is 11.1. The normalized spacial score (nSPS) is 16.7. The van der Waals surface area contributed by atoms with E-state index in [1.807, 2.05) is 0 Å². The fourth-order valence-electron chi connectivity index (χ4n) is 4.23. The summed E-state index contributed by atoms with van der Waals surface area (Å²) in [6, 6.07) is 10.1. The summed E-state index contributed by atoms with van der Waals surface area (Å²) < 4.78 is 5.53. The van der Waals surface area contributed by atoms with Gasteiger partial charge in [-0.05, 0) is 61.5 Å². The van der Waals surface area contributed by atoms with Gasteiger partial charge < -0.3 is 40.9 Å². The van der Waals surface area contributed by atoms with Crippen molar-refractivity contribution in [1.82, 2.24) is 10.6 Å². The molecule has 1 aliphatic rings. The van der Waals surface area contributed by atoms with Gasteiger partial charge in [0.1, 0.15) is 34.7 Å². The lowest BCUT2D eigenvalue weighted by atomic mass is 9.95. The lowest BCUT2D eigenvalue weighted by Gasteiger charge is -2.32. The molecule has 39 heavy (non-hydrogen) atoms. The molecule has 1 amide bonds. The number of benzene rings is 3. The Bertz CT molecular complexity index is 1430. The third-order valence-electron chi connectivity index (χ3n) is 6.19. The molecule has 0 aromatic heterocycles. The minimum absolute atomic E-state index is 0.00217. The van der Waals surface area contributed by atoms with Crippen LogP contribution in [-0.2, 0) is 4.74 Å². The van der Waals surface area contributed by atoms with Crippen LogP contribution in [0.25, 0.3) is 0 Å². The average Bonchev–Trinajstić information content (AvgIpc) is 2.89. The molecule has 2 unspecified atom stereocenters. The number of aromatic carboxylic acids is 1. The van der Waals surface area contributed by atoms with Crippen LogP contribution in [0.3, 0.4) is 0 Å². The summed E-state index contributed by atoms with van der Waals surface area (Å²) in [6.45, 7) is 0.740. The van der Waals surface area contributed by atoms with Gasteiger partial charge in [0, 0.05) is 12.1 Å². The Hall–Kier alpha value is -5.10. The van der Waals surface area contributed by atoms with Gasteiger partial charge >= 0.3 is 11.9 Å². The lowest BCUT2D eigenvalue weighted by Crippen LogP contribution is -2.54. The van der Waals surface area contributed by atoms with Gasteiger partial charge in [-0.3, -0.25) is 9.59 Å². The van der Waals surface area contributed by atoms with Gasteiger partial charge in [-0.1, -0.05) is 6.07 Å². The van der Waals surface area contributed by atoms with E-state index in [9.17, 15) is 44.7 Å². The van der Waals surface area contributed by atoms with Crippen molar-refractivity contribution < 1.29 is 49.4 Å². The van der Waals surface area contributed by atoms with Crippen LogP contribution < -0.4 is 10.6 Å². The molecule has 0 radical (unpaired) electrons. The van der Waals surface area contributed by atoms with E-state index in [2.05, 4.69) is 10.6 Å². The molecule has 7 N–H and O–H groups in total. The Labute approximate surface area is 221 Å². The van der Waals surface area contributed by atoms with Crippen LogP contribution in [0.4, 0.5) is 0 Å². The molecule has 0 spiro atoms. The standard InChI is InChI=1S/C27H24N2O10/c30-15-6-4-13(5-7-15)25(35)29-17-8-9-28-12-21(17)39-27(38)14-10-19(32)23(20(33)11-14)24(34)22-16(26(36)37)2-1-3-18(22)31/h1-7,10-11,17,21,28,30-33H,8-9,12H2,(H,29,35)(H,36,37). The first-order valence-electron chi connectivity index (χ1n) is 11.7. The highest BCUT2D eigenvalue weighted by atomic mass is 16.5. The zero-order valence-electron chi connectivity index (χ0n) is 20.2. The maximum Gasteiger partial charge on any atom is 0.338 e. The fourth-order valence-corrected chi connectivity index (χ4v) is 4.23. The van der Waals surface area contributed by atoms with Crippen molar-refractivity contribution in [2.45, 2.75) is 18.6 Å². The van der Waals surface area contributed by atoms with Crippen molar-refractivity contribution in [1.29, 1.82) is 0 Å². The smallest absolute Gasteiger partial charge is 0.338 e. The second-order valence-electron chi connectivity index (χ2n) is 8.79. The predicted octanol–water partition coefficient (Wildman–Crippen LogP) is 1.76. The molecule has 1 fully saturated rings. The molecule has 1 saturated heterocycles. The van der Waals surface area contributed by atoms with E-state index in [0.29, 0.717) is 18.5 Å². The third-order valence-corrected chi connectivity index (χ3v) is 6.19. The molecule has 0 bridgehead atoms. The summed E-state index contributed by atoms with van der Waals surface area (Å²) in [7, 11) is 0. The molecule has 2 atom stereocenters. The van der Waals surface area contributed by atoms with Crippen molar-refractivity contribution in [2.24, 2.45) is 0 Å². The summed E-state index contributed by atoms with van der Waals surface area (Å²) >= 11 is 0. The number of carboxylic acids is 1. The SMILES string of the molecule is O=C(NC1CCNCC1OC(=O)c1cc(O)c(C(=O)c2c(O)cccc2C(=O)O)c(O)c1)c1ccc(O)cc1. The van der Waals surface area contributed by atoms with Crippen LogP contribution in [0, 0.1) is 0 Å². The number of phenols is 4. The van der Waals surface area contributed by atoms with E-state index in [1.165, 1.54) is 30.3 Å². The fraction of sp³-hybridized carbons (Fsp3) is 0.185. The van der Waals surface area contributed by atoms with E-state index >= 15 is 0 Å². The van der Waals surface area contributed by atoms with Gasteiger partial charge in [-0.25, -0.2) is 9.59 Å². The number of carboxylic acid groups (broad SMARTS) is 1. The third kappa shape index (κ3) is 5.75.